The second-order valence-corrected chi connectivity index (χ2v) is 6.27. The largest absolute Gasteiger partial charge is 0.326 e. The Morgan fingerprint density at radius 2 is 2.14 bits per heavy atom. The summed E-state index contributed by atoms with van der Waals surface area (Å²) in [6.45, 7) is 2.07. The normalized spacial score (nSPS) is 18.7. The van der Waals surface area contributed by atoms with Crippen molar-refractivity contribution in [2.75, 3.05) is 18.4 Å². The summed E-state index contributed by atoms with van der Waals surface area (Å²) in [6.07, 6.45) is 3.74. The summed E-state index contributed by atoms with van der Waals surface area (Å²) >= 11 is 0.502. The number of carbonyl (C=O) groups is 1. The predicted molar refractivity (Wildman–Crippen MR) is 81.8 cm³/mol. The number of alkyl halides is 2. The van der Waals surface area contributed by atoms with Gasteiger partial charge in [-0.1, -0.05) is 11.8 Å². The monoisotopic (exact) mass is 314 g/mol. The van der Waals surface area contributed by atoms with Crippen LogP contribution in [0.3, 0.4) is 0 Å². The van der Waals surface area contributed by atoms with Gasteiger partial charge in [0.15, 0.2) is 0 Å². The number of anilines is 1. The van der Waals surface area contributed by atoms with Gasteiger partial charge in [-0.2, -0.15) is 8.78 Å². The van der Waals surface area contributed by atoms with Crippen LogP contribution in [0.2, 0.25) is 0 Å². The third-order valence-electron chi connectivity index (χ3n) is 3.54. The Morgan fingerprint density at radius 1 is 1.38 bits per heavy atom. The lowest BCUT2D eigenvalue weighted by molar-refractivity contribution is -0.116. The molecule has 1 saturated heterocycles. The van der Waals surface area contributed by atoms with Crippen LogP contribution >= 0.6 is 11.8 Å². The van der Waals surface area contributed by atoms with Gasteiger partial charge in [0.1, 0.15) is 0 Å². The molecule has 1 heterocycles. The maximum Gasteiger partial charge on any atom is 0.288 e. The zero-order valence-corrected chi connectivity index (χ0v) is 12.6. The lowest BCUT2D eigenvalue weighted by Crippen LogP contribution is -2.30. The smallest absolute Gasteiger partial charge is 0.288 e. The van der Waals surface area contributed by atoms with Crippen LogP contribution in [0.5, 0.6) is 0 Å². The number of amides is 1. The van der Waals surface area contributed by atoms with E-state index >= 15 is 0 Å². The molecule has 0 aliphatic carbocycles. The highest BCUT2D eigenvalue weighted by molar-refractivity contribution is 7.99. The molecular formula is C15H20F2N2OS. The molecular weight excluding hydrogens is 294 g/mol. The molecule has 0 bridgehead atoms. The van der Waals surface area contributed by atoms with Crippen molar-refractivity contribution in [3.63, 3.8) is 0 Å². The maximum absolute atomic E-state index is 12.2. The highest BCUT2D eigenvalue weighted by Crippen LogP contribution is 2.26. The Bertz CT molecular complexity index is 447. The van der Waals surface area contributed by atoms with E-state index in [2.05, 4.69) is 10.6 Å². The average Bonchev–Trinajstić information content (AvgIpc) is 2.48. The van der Waals surface area contributed by atoms with Gasteiger partial charge in [0.2, 0.25) is 5.91 Å². The highest BCUT2D eigenvalue weighted by atomic mass is 32.2. The first-order valence-electron chi connectivity index (χ1n) is 7.19. The number of rotatable bonds is 6. The molecule has 1 fully saturated rings. The first kappa shape index (κ1) is 16.2. The molecule has 1 aliphatic rings. The summed E-state index contributed by atoms with van der Waals surface area (Å²) < 4.78 is 24.4. The van der Waals surface area contributed by atoms with E-state index in [0.29, 0.717) is 34.7 Å². The molecule has 0 saturated carbocycles. The fraction of sp³-hybridized carbons (Fsp3) is 0.533. The Labute approximate surface area is 127 Å². The fourth-order valence-corrected chi connectivity index (χ4v) is 2.95. The third-order valence-corrected chi connectivity index (χ3v) is 4.26. The Morgan fingerprint density at radius 3 is 2.76 bits per heavy atom. The third kappa shape index (κ3) is 6.01. The Balaban J connectivity index is 1.74. The van der Waals surface area contributed by atoms with Crippen LogP contribution < -0.4 is 10.6 Å². The number of carbonyl (C=O) groups excluding carboxylic acids is 1. The van der Waals surface area contributed by atoms with E-state index in [1.54, 1.807) is 24.3 Å². The fourth-order valence-electron chi connectivity index (χ4n) is 2.45. The standard InChI is InChI=1S/C15H20F2N2OS/c16-15(17)21-13-6-4-12(5-7-13)19-14(20)8-3-11-2-1-9-18-10-11/h4-7,11,15,18H,1-3,8-10H2,(H,19,20). The van der Waals surface area contributed by atoms with Crippen LogP contribution in [0.4, 0.5) is 14.5 Å². The van der Waals surface area contributed by atoms with Crippen molar-refractivity contribution in [2.45, 2.75) is 36.3 Å². The molecule has 1 aromatic rings. The predicted octanol–water partition coefficient (Wildman–Crippen LogP) is 3.72. The van der Waals surface area contributed by atoms with Crippen molar-refractivity contribution in [2.24, 2.45) is 5.92 Å². The number of thioether (sulfide) groups is 1. The van der Waals surface area contributed by atoms with Crippen molar-refractivity contribution in [3.05, 3.63) is 24.3 Å². The molecule has 6 heteroatoms. The van der Waals surface area contributed by atoms with Crippen LogP contribution in [0.15, 0.2) is 29.2 Å². The number of hydrogen-bond donors (Lipinski definition) is 2. The van der Waals surface area contributed by atoms with Crippen molar-refractivity contribution in [1.29, 1.82) is 0 Å². The lowest BCUT2D eigenvalue weighted by atomic mass is 9.94. The van der Waals surface area contributed by atoms with Gasteiger partial charge in [-0.15, -0.1) is 0 Å². The van der Waals surface area contributed by atoms with Gasteiger partial charge in [-0.3, -0.25) is 4.79 Å². The molecule has 0 aromatic heterocycles. The zero-order valence-electron chi connectivity index (χ0n) is 11.8. The minimum absolute atomic E-state index is 0.0187. The molecule has 2 rings (SSSR count). The van der Waals surface area contributed by atoms with Crippen molar-refractivity contribution < 1.29 is 13.6 Å². The van der Waals surface area contributed by atoms with E-state index < -0.39 is 5.76 Å². The lowest BCUT2D eigenvalue weighted by Gasteiger charge is -2.22. The van der Waals surface area contributed by atoms with E-state index in [1.807, 2.05) is 0 Å². The van der Waals surface area contributed by atoms with E-state index in [0.717, 1.165) is 19.5 Å². The number of benzene rings is 1. The second kappa shape index (κ2) is 8.34. The minimum atomic E-state index is -2.42. The number of hydrogen-bond acceptors (Lipinski definition) is 3. The summed E-state index contributed by atoms with van der Waals surface area (Å²) in [5, 5.41) is 6.14. The van der Waals surface area contributed by atoms with Crippen molar-refractivity contribution in [3.8, 4) is 0 Å². The van der Waals surface area contributed by atoms with E-state index in [9.17, 15) is 13.6 Å². The zero-order chi connectivity index (χ0) is 15.1. The van der Waals surface area contributed by atoms with Gasteiger partial charge in [-0.25, -0.2) is 0 Å². The molecule has 0 radical (unpaired) electrons. The van der Waals surface area contributed by atoms with Crippen LogP contribution in [-0.2, 0) is 4.79 Å². The molecule has 0 spiro atoms. The number of piperidine rings is 1. The number of nitrogens with one attached hydrogen (secondary N) is 2. The van der Waals surface area contributed by atoms with E-state index in [1.165, 1.54) is 12.8 Å². The highest BCUT2D eigenvalue weighted by Gasteiger charge is 2.14. The molecule has 1 amide bonds. The Hall–Kier alpha value is -1.14. The molecule has 1 aliphatic heterocycles. The molecule has 1 unspecified atom stereocenters. The molecule has 21 heavy (non-hydrogen) atoms. The molecule has 3 nitrogen and oxygen atoms in total. The SMILES string of the molecule is O=C(CCC1CCCNC1)Nc1ccc(SC(F)F)cc1. The van der Waals surface area contributed by atoms with Gasteiger partial charge in [0.05, 0.1) is 0 Å². The first-order chi connectivity index (χ1) is 10.1. The molecule has 116 valence electrons. The topological polar surface area (TPSA) is 41.1 Å². The van der Waals surface area contributed by atoms with Crippen molar-refractivity contribution >= 4 is 23.4 Å². The summed E-state index contributed by atoms with van der Waals surface area (Å²) in [7, 11) is 0. The Kier molecular flexibility index (Phi) is 6.45. The summed E-state index contributed by atoms with van der Waals surface area (Å²) in [5.74, 6) is -1.86. The van der Waals surface area contributed by atoms with Crippen molar-refractivity contribution in [1.82, 2.24) is 5.32 Å². The van der Waals surface area contributed by atoms with Crippen LogP contribution in [0.1, 0.15) is 25.7 Å². The van der Waals surface area contributed by atoms with Crippen LogP contribution in [0, 0.1) is 5.92 Å². The quantitative estimate of drug-likeness (QED) is 0.786. The van der Waals surface area contributed by atoms with Gasteiger partial charge >= 0.3 is 0 Å². The summed E-state index contributed by atoms with van der Waals surface area (Å²) in [5.41, 5.74) is 0.653. The second-order valence-electron chi connectivity index (χ2n) is 5.20. The maximum atomic E-state index is 12.2. The van der Waals surface area contributed by atoms with Gasteiger partial charge < -0.3 is 10.6 Å². The summed E-state index contributed by atoms with van der Waals surface area (Å²) in [4.78, 5) is 12.4. The van der Waals surface area contributed by atoms with Gasteiger partial charge in [0.25, 0.3) is 5.76 Å². The average molecular weight is 314 g/mol. The van der Waals surface area contributed by atoms with Gasteiger partial charge in [-0.05, 0) is 62.5 Å². The molecule has 2 N–H and O–H groups in total. The minimum Gasteiger partial charge on any atom is -0.326 e. The van der Waals surface area contributed by atoms with E-state index in [-0.39, 0.29) is 5.91 Å². The first-order valence-corrected chi connectivity index (χ1v) is 8.07. The molecule has 1 aromatic carbocycles. The molecule has 1 atom stereocenters. The number of halogens is 2. The summed E-state index contributed by atoms with van der Waals surface area (Å²) in [6, 6.07) is 6.50. The van der Waals surface area contributed by atoms with E-state index in [4.69, 9.17) is 0 Å². The van der Waals surface area contributed by atoms with Gasteiger partial charge in [0, 0.05) is 17.0 Å². The van der Waals surface area contributed by atoms with Crippen LogP contribution in [-0.4, -0.2) is 24.8 Å². The van der Waals surface area contributed by atoms with Crippen LogP contribution in [0.25, 0.3) is 0 Å².